The number of hydrogen-bond acceptors (Lipinski definition) is 5. The van der Waals surface area contributed by atoms with Crippen molar-refractivity contribution in [2.45, 2.75) is 103 Å². The molecule has 0 aromatic heterocycles. The van der Waals surface area contributed by atoms with Gasteiger partial charge in [0.15, 0.2) is 6.04 Å². The third kappa shape index (κ3) is 7.26. The number of nitrogens with zero attached hydrogens (tertiary/aromatic N) is 2. The molecule has 0 amide bonds. The number of hydrogen-bond donors (Lipinski definition) is 3. The first kappa shape index (κ1) is 33.2. The number of aromatic carboxylic acids is 1. The molecular weight excluding hydrogens is 584 g/mol. The predicted molar refractivity (Wildman–Crippen MR) is 191 cm³/mol. The number of benzene rings is 3. The zero-order chi connectivity index (χ0) is 32.9. The molecule has 0 bridgehead atoms. The van der Waals surface area contributed by atoms with Crippen molar-refractivity contribution in [3.63, 3.8) is 0 Å². The third-order valence-corrected chi connectivity index (χ3v) is 10.9. The highest BCUT2D eigenvalue weighted by Crippen LogP contribution is 2.42. The number of nitrogens with one attached hydrogen (secondary N) is 2. The van der Waals surface area contributed by atoms with Crippen LogP contribution in [0.25, 0.3) is 33.4 Å². The largest absolute Gasteiger partial charge is 0.478 e. The molecule has 0 atom stereocenters. The number of carbonyl (C=O) groups is 1. The van der Waals surface area contributed by atoms with Crippen LogP contribution in [0.1, 0.15) is 89.4 Å². The molecule has 47 heavy (non-hydrogen) atoms. The molecule has 0 spiro atoms. The van der Waals surface area contributed by atoms with E-state index in [2.05, 4.69) is 84.2 Å². The van der Waals surface area contributed by atoms with Crippen molar-refractivity contribution in [3.05, 3.63) is 71.6 Å². The van der Waals surface area contributed by atoms with E-state index in [9.17, 15) is 9.90 Å². The molecule has 3 N–H and O–H groups in total. The zero-order valence-corrected chi connectivity index (χ0v) is 28.7. The fourth-order valence-electron chi connectivity index (χ4n) is 8.37. The van der Waals surface area contributed by atoms with Gasteiger partial charge in [-0.15, -0.1) is 0 Å². The summed E-state index contributed by atoms with van der Waals surface area (Å²) >= 11 is 0. The first-order chi connectivity index (χ1) is 22.9. The summed E-state index contributed by atoms with van der Waals surface area (Å²) in [5.41, 5.74) is 4.61. The van der Waals surface area contributed by atoms with E-state index in [-0.39, 0.29) is 0 Å². The van der Waals surface area contributed by atoms with Crippen LogP contribution in [0.4, 0.5) is 5.69 Å². The highest BCUT2D eigenvalue weighted by atomic mass is 16.4. The van der Waals surface area contributed by atoms with Gasteiger partial charge in [0.05, 0.1) is 11.6 Å². The summed E-state index contributed by atoms with van der Waals surface area (Å²) in [5.74, 6) is -0.175. The van der Waals surface area contributed by atoms with Gasteiger partial charge in [0.2, 0.25) is 5.36 Å². The Labute approximate surface area is 280 Å². The Morgan fingerprint density at radius 2 is 1.43 bits per heavy atom. The third-order valence-electron chi connectivity index (χ3n) is 10.9. The van der Waals surface area contributed by atoms with Gasteiger partial charge in [-0.05, 0) is 94.5 Å². The van der Waals surface area contributed by atoms with Crippen molar-refractivity contribution in [3.8, 4) is 22.5 Å². The molecule has 2 aromatic rings. The normalized spacial score (nSPS) is 22.4. The Morgan fingerprint density at radius 1 is 0.787 bits per heavy atom. The molecule has 7 nitrogen and oxygen atoms in total. The highest BCUT2D eigenvalue weighted by Gasteiger charge is 2.28. The van der Waals surface area contributed by atoms with Crippen molar-refractivity contribution in [1.82, 2.24) is 9.80 Å². The molecule has 7 heteroatoms. The van der Waals surface area contributed by atoms with E-state index >= 15 is 0 Å². The van der Waals surface area contributed by atoms with Crippen LogP contribution in [0.2, 0.25) is 0 Å². The minimum absolute atomic E-state index is 0.292. The van der Waals surface area contributed by atoms with Gasteiger partial charge in [-0.3, -0.25) is 0 Å². The Bertz CT molecular complexity index is 1690. The lowest BCUT2D eigenvalue weighted by Gasteiger charge is -2.36. The number of anilines is 1. The maximum Gasteiger partial charge on any atom is 0.336 e. The minimum atomic E-state index is -0.931. The molecule has 0 saturated heterocycles. The standard InChI is InChI=1S/C40H52N4O3/c1-5-43(6-2)31-19-13-27(14-20-31)41-29-17-23-35-37(25-29)47-38-26-30(42-28-15-21-32(22-16-28)44(7-3)8-4)18-24-36(38)39(35)33-11-9-10-12-34(33)40(45)46/h9-12,17-18,23-28,31-32,41H,5-8,13-16,19-22H2,1-4H3,(H,45,46)/p+1. The molecule has 2 fully saturated rings. The van der Waals surface area contributed by atoms with Crippen LogP contribution in [-0.4, -0.2) is 71.2 Å². The molecule has 0 unspecified atom stereocenters. The Hall–Kier alpha value is -3.68. The molecule has 4 aliphatic rings. The number of fused-ring (bicyclic) bond motifs is 2. The molecular formula is C40H53N4O3+. The monoisotopic (exact) mass is 637 g/mol. The fraction of sp³-hybridized carbons (Fsp3) is 0.500. The average molecular weight is 638 g/mol. The maximum absolute atomic E-state index is 12.4. The van der Waals surface area contributed by atoms with E-state index in [1.54, 1.807) is 12.1 Å². The summed E-state index contributed by atoms with van der Waals surface area (Å²) in [5, 5.41) is 15.9. The fourth-order valence-corrected chi connectivity index (χ4v) is 8.37. The first-order valence-corrected chi connectivity index (χ1v) is 18.1. The van der Waals surface area contributed by atoms with Crippen LogP contribution in [0.15, 0.2) is 65.1 Å². The molecule has 0 radical (unpaired) electrons. The number of carboxylic acid groups (broad SMARTS) is 1. The molecule has 2 aromatic carbocycles. The molecule has 250 valence electrons. The van der Waals surface area contributed by atoms with E-state index < -0.39 is 5.97 Å². The van der Waals surface area contributed by atoms with E-state index in [1.165, 1.54) is 25.7 Å². The van der Waals surface area contributed by atoms with Gasteiger partial charge in [0, 0.05) is 65.3 Å². The van der Waals surface area contributed by atoms with E-state index in [0.29, 0.717) is 35.3 Å². The Morgan fingerprint density at radius 3 is 2.06 bits per heavy atom. The van der Waals surface area contributed by atoms with Gasteiger partial charge >= 0.3 is 5.97 Å². The van der Waals surface area contributed by atoms with Crippen molar-refractivity contribution < 1.29 is 19.3 Å². The van der Waals surface area contributed by atoms with Gasteiger partial charge in [-0.2, -0.15) is 0 Å². The van der Waals surface area contributed by atoms with Gasteiger partial charge in [-0.25, -0.2) is 9.79 Å². The molecule has 6 rings (SSSR count). The summed E-state index contributed by atoms with van der Waals surface area (Å²) in [6, 6.07) is 22.2. The molecule has 3 aliphatic carbocycles. The van der Waals surface area contributed by atoms with Gasteiger partial charge < -0.3 is 24.6 Å². The SMILES string of the molecule is CCN(CC)C1CCC(Nc2ccc3c(-c4ccccc4C(=O)O)c4ccc(=[NH+]C5CCC(N(CC)CC)CC5)cc-4oc3c2)CC1. The lowest BCUT2D eigenvalue weighted by Crippen LogP contribution is -2.83. The van der Waals surface area contributed by atoms with Crippen LogP contribution in [0.5, 0.6) is 0 Å². The summed E-state index contributed by atoms with van der Waals surface area (Å²) in [4.78, 5) is 21.4. The highest BCUT2D eigenvalue weighted by molar-refractivity contribution is 6.07. The topological polar surface area (TPSA) is 82.9 Å². The Balaban J connectivity index is 1.35. The van der Waals surface area contributed by atoms with Crippen LogP contribution >= 0.6 is 0 Å². The van der Waals surface area contributed by atoms with Gasteiger partial charge in [-0.1, -0.05) is 45.9 Å². The second kappa shape index (κ2) is 15.0. The molecule has 1 aliphatic heterocycles. The minimum Gasteiger partial charge on any atom is -0.478 e. The van der Waals surface area contributed by atoms with Crippen molar-refractivity contribution in [1.29, 1.82) is 0 Å². The second-order valence-corrected chi connectivity index (χ2v) is 13.5. The molecule has 1 heterocycles. The summed E-state index contributed by atoms with van der Waals surface area (Å²) < 4.78 is 6.68. The molecule has 2 saturated carbocycles. The number of rotatable bonds is 11. The lowest BCUT2D eigenvalue weighted by atomic mass is 9.89. The van der Waals surface area contributed by atoms with Crippen LogP contribution < -0.4 is 15.7 Å². The van der Waals surface area contributed by atoms with Gasteiger partial charge in [0.1, 0.15) is 11.3 Å². The van der Waals surface area contributed by atoms with Gasteiger partial charge in [0.25, 0.3) is 0 Å². The van der Waals surface area contributed by atoms with Crippen LogP contribution in [0.3, 0.4) is 0 Å². The first-order valence-electron chi connectivity index (χ1n) is 18.1. The zero-order valence-electron chi connectivity index (χ0n) is 28.7. The lowest BCUT2D eigenvalue weighted by molar-refractivity contribution is -0.547. The summed E-state index contributed by atoms with van der Waals surface area (Å²) in [6.45, 7) is 13.5. The van der Waals surface area contributed by atoms with E-state index in [1.807, 2.05) is 12.1 Å². The summed E-state index contributed by atoms with van der Waals surface area (Å²) in [7, 11) is 0. The van der Waals surface area contributed by atoms with E-state index in [4.69, 9.17) is 4.42 Å². The average Bonchev–Trinajstić information content (AvgIpc) is 3.09. The smallest absolute Gasteiger partial charge is 0.336 e. The predicted octanol–water partition coefficient (Wildman–Crippen LogP) is 6.60. The summed E-state index contributed by atoms with van der Waals surface area (Å²) in [6.07, 6.45) is 9.45. The van der Waals surface area contributed by atoms with Crippen LogP contribution in [-0.2, 0) is 0 Å². The van der Waals surface area contributed by atoms with Crippen LogP contribution in [0, 0.1) is 0 Å². The second-order valence-electron chi connectivity index (χ2n) is 13.5. The van der Waals surface area contributed by atoms with Crippen molar-refractivity contribution in [2.24, 2.45) is 0 Å². The van der Waals surface area contributed by atoms with E-state index in [0.717, 1.165) is 90.8 Å². The number of carboxylic acids is 1. The Kier molecular flexibility index (Phi) is 10.6. The van der Waals surface area contributed by atoms with Crippen molar-refractivity contribution in [2.75, 3.05) is 31.5 Å². The maximum atomic E-state index is 12.4. The van der Waals surface area contributed by atoms with Crippen molar-refractivity contribution >= 4 is 22.6 Å². The quantitative estimate of drug-likeness (QED) is 0.161.